The van der Waals surface area contributed by atoms with Gasteiger partial charge in [0.1, 0.15) is 5.69 Å². The maximum atomic E-state index is 13.3. The first-order chi connectivity index (χ1) is 15.2. The third kappa shape index (κ3) is 4.74. The van der Waals surface area contributed by atoms with Gasteiger partial charge in [0.25, 0.3) is 5.91 Å². The predicted molar refractivity (Wildman–Crippen MR) is 115 cm³/mol. The first kappa shape index (κ1) is 22.6. The number of piperidine rings is 1. The molecular weight excluding hydrogens is 466 g/mol. The van der Waals surface area contributed by atoms with E-state index in [1.165, 1.54) is 18.5 Å². The van der Waals surface area contributed by atoms with E-state index in [0.29, 0.717) is 41.4 Å². The molecule has 2 aromatic heterocycles. The van der Waals surface area contributed by atoms with E-state index >= 15 is 0 Å². The molecular formula is C21H18Cl2F3N5O. The van der Waals surface area contributed by atoms with E-state index in [1.807, 2.05) is 0 Å². The number of rotatable bonds is 4. The second-order valence-electron chi connectivity index (χ2n) is 7.44. The molecule has 168 valence electrons. The van der Waals surface area contributed by atoms with Crippen LogP contribution >= 0.6 is 23.2 Å². The van der Waals surface area contributed by atoms with Gasteiger partial charge in [-0.15, -0.1) is 0 Å². The maximum Gasteiger partial charge on any atom is 0.417 e. The van der Waals surface area contributed by atoms with Crippen LogP contribution in [0.1, 0.15) is 34.0 Å². The highest BCUT2D eigenvalue weighted by atomic mass is 35.5. The standard InChI is InChI=1S/C21H18Cl2F3N5O/c22-15-3-1-11(7-14(15)21(24,25)26)13-5-6-27-10-18(13)30-20(32)17-4-2-12(8-28-17)19-16(23)9-29-31-19/h1-4,7-9,13,18,27H,5-6,10H2,(H,29,31)(H,30,32)/t13-,18?/m0/s1. The fourth-order valence-electron chi connectivity index (χ4n) is 3.79. The molecule has 3 N–H and O–H groups in total. The lowest BCUT2D eigenvalue weighted by atomic mass is 9.85. The fraction of sp³-hybridized carbons (Fsp3) is 0.286. The van der Waals surface area contributed by atoms with Gasteiger partial charge < -0.3 is 10.6 Å². The molecule has 0 radical (unpaired) electrons. The Hall–Kier alpha value is -2.62. The van der Waals surface area contributed by atoms with Crippen LogP contribution in [0.5, 0.6) is 0 Å². The Balaban J connectivity index is 1.53. The van der Waals surface area contributed by atoms with E-state index in [2.05, 4.69) is 25.8 Å². The molecule has 0 bridgehead atoms. The SMILES string of the molecule is O=C(NC1CNCC[C@H]1c1ccc(Cl)c(C(F)(F)F)c1)c1ccc(-c2[nH]ncc2Cl)cn1. The number of alkyl halides is 3. The van der Waals surface area contributed by atoms with Crippen molar-refractivity contribution < 1.29 is 18.0 Å². The lowest BCUT2D eigenvalue weighted by Gasteiger charge is -2.33. The predicted octanol–water partition coefficient (Wildman–Crippen LogP) is 4.67. The number of hydrogen-bond acceptors (Lipinski definition) is 4. The van der Waals surface area contributed by atoms with Gasteiger partial charge in [0.2, 0.25) is 0 Å². The molecule has 1 amide bonds. The van der Waals surface area contributed by atoms with E-state index in [9.17, 15) is 18.0 Å². The van der Waals surface area contributed by atoms with Crippen molar-refractivity contribution in [3.8, 4) is 11.3 Å². The monoisotopic (exact) mass is 483 g/mol. The molecule has 32 heavy (non-hydrogen) atoms. The van der Waals surface area contributed by atoms with Crippen LogP contribution in [0.25, 0.3) is 11.3 Å². The minimum Gasteiger partial charge on any atom is -0.346 e. The van der Waals surface area contributed by atoms with Crippen LogP contribution in [0, 0.1) is 0 Å². The Labute approximate surface area is 191 Å². The van der Waals surface area contributed by atoms with E-state index in [-0.39, 0.29) is 16.6 Å². The molecule has 1 aliphatic rings. The summed E-state index contributed by atoms with van der Waals surface area (Å²) in [6.07, 6.45) is -1.02. The number of aromatic amines is 1. The van der Waals surface area contributed by atoms with Crippen molar-refractivity contribution in [1.82, 2.24) is 25.8 Å². The van der Waals surface area contributed by atoms with Crippen LogP contribution in [-0.2, 0) is 6.18 Å². The molecule has 0 spiro atoms. The number of hydrogen-bond donors (Lipinski definition) is 3. The van der Waals surface area contributed by atoms with Crippen LogP contribution in [0.4, 0.5) is 13.2 Å². The van der Waals surface area contributed by atoms with E-state index in [4.69, 9.17) is 23.2 Å². The first-order valence-electron chi connectivity index (χ1n) is 9.77. The van der Waals surface area contributed by atoms with Crippen LogP contribution in [-0.4, -0.2) is 40.2 Å². The number of nitrogens with zero attached hydrogens (tertiary/aromatic N) is 2. The summed E-state index contributed by atoms with van der Waals surface area (Å²) in [7, 11) is 0. The molecule has 4 rings (SSSR count). The average Bonchev–Trinajstić information content (AvgIpc) is 3.20. The Morgan fingerprint density at radius 1 is 1.12 bits per heavy atom. The van der Waals surface area contributed by atoms with Gasteiger partial charge in [-0.3, -0.25) is 14.9 Å². The smallest absolute Gasteiger partial charge is 0.346 e. The van der Waals surface area contributed by atoms with Gasteiger partial charge in [-0.05, 0) is 42.8 Å². The first-order valence-corrected chi connectivity index (χ1v) is 10.5. The van der Waals surface area contributed by atoms with Crippen LogP contribution in [0.3, 0.4) is 0 Å². The summed E-state index contributed by atoms with van der Waals surface area (Å²) < 4.78 is 39.9. The zero-order valence-corrected chi connectivity index (χ0v) is 18.0. The van der Waals surface area contributed by atoms with Gasteiger partial charge in [0, 0.05) is 30.3 Å². The lowest BCUT2D eigenvalue weighted by Crippen LogP contribution is -2.50. The number of H-pyrrole nitrogens is 1. The molecule has 3 aromatic rings. The fourth-order valence-corrected chi connectivity index (χ4v) is 4.22. The van der Waals surface area contributed by atoms with Crippen LogP contribution in [0.15, 0.2) is 42.7 Å². The zero-order chi connectivity index (χ0) is 22.9. The van der Waals surface area contributed by atoms with E-state index < -0.39 is 23.7 Å². The molecule has 0 aliphatic carbocycles. The highest BCUT2D eigenvalue weighted by molar-refractivity contribution is 6.33. The maximum absolute atomic E-state index is 13.3. The van der Waals surface area contributed by atoms with Crippen molar-refractivity contribution in [2.24, 2.45) is 0 Å². The molecule has 6 nitrogen and oxygen atoms in total. The number of carbonyl (C=O) groups excluding carboxylic acids is 1. The second-order valence-corrected chi connectivity index (χ2v) is 8.26. The lowest BCUT2D eigenvalue weighted by molar-refractivity contribution is -0.137. The highest BCUT2D eigenvalue weighted by Gasteiger charge is 2.35. The van der Waals surface area contributed by atoms with Gasteiger partial charge >= 0.3 is 6.18 Å². The Kier molecular flexibility index (Phi) is 6.41. The number of aromatic nitrogens is 3. The minimum absolute atomic E-state index is 0.181. The molecule has 11 heteroatoms. The summed E-state index contributed by atoms with van der Waals surface area (Å²) in [5.41, 5.74) is 1.04. The van der Waals surface area contributed by atoms with Crippen molar-refractivity contribution in [2.75, 3.05) is 13.1 Å². The average molecular weight is 484 g/mol. The van der Waals surface area contributed by atoms with E-state index in [0.717, 1.165) is 6.07 Å². The van der Waals surface area contributed by atoms with Crippen molar-refractivity contribution in [3.05, 3.63) is 69.6 Å². The zero-order valence-electron chi connectivity index (χ0n) is 16.5. The molecule has 0 saturated carbocycles. The van der Waals surface area contributed by atoms with Gasteiger partial charge in [-0.2, -0.15) is 18.3 Å². The molecule has 1 saturated heterocycles. The van der Waals surface area contributed by atoms with Crippen molar-refractivity contribution in [2.45, 2.75) is 24.6 Å². The second kappa shape index (κ2) is 9.09. The Morgan fingerprint density at radius 2 is 1.94 bits per heavy atom. The van der Waals surface area contributed by atoms with Crippen LogP contribution < -0.4 is 10.6 Å². The summed E-state index contributed by atoms with van der Waals surface area (Å²) in [4.78, 5) is 17.0. The van der Waals surface area contributed by atoms with E-state index in [1.54, 1.807) is 18.2 Å². The largest absolute Gasteiger partial charge is 0.417 e. The molecule has 1 unspecified atom stereocenters. The number of carbonyl (C=O) groups is 1. The summed E-state index contributed by atoms with van der Waals surface area (Å²) in [6, 6.07) is 6.72. The number of benzene rings is 1. The summed E-state index contributed by atoms with van der Waals surface area (Å²) in [5.74, 6) is -0.724. The summed E-state index contributed by atoms with van der Waals surface area (Å²) in [6.45, 7) is 1.04. The number of amides is 1. The number of halogens is 5. The quantitative estimate of drug-likeness (QED) is 0.503. The normalized spacial score (nSPS) is 19.0. The third-order valence-electron chi connectivity index (χ3n) is 5.40. The minimum atomic E-state index is -4.55. The van der Waals surface area contributed by atoms with Crippen molar-refractivity contribution >= 4 is 29.1 Å². The van der Waals surface area contributed by atoms with Gasteiger partial charge in [-0.1, -0.05) is 29.3 Å². The molecule has 1 aliphatic heterocycles. The summed E-state index contributed by atoms with van der Waals surface area (Å²) in [5, 5.41) is 12.8. The summed E-state index contributed by atoms with van der Waals surface area (Å²) >= 11 is 11.8. The van der Waals surface area contributed by atoms with Crippen LogP contribution in [0.2, 0.25) is 10.0 Å². The Morgan fingerprint density at radius 3 is 2.59 bits per heavy atom. The molecule has 3 heterocycles. The Bertz CT molecular complexity index is 1120. The molecule has 2 atom stereocenters. The van der Waals surface area contributed by atoms with Crippen molar-refractivity contribution in [1.29, 1.82) is 0 Å². The highest BCUT2D eigenvalue weighted by Crippen LogP contribution is 2.38. The third-order valence-corrected chi connectivity index (χ3v) is 6.02. The van der Waals surface area contributed by atoms with Gasteiger partial charge in [-0.25, -0.2) is 0 Å². The number of nitrogens with one attached hydrogen (secondary N) is 3. The van der Waals surface area contributed by atoms with Gasteiger partial charge in [0.05, 0.1) is 27.5 Å². The van der Waals surface area contributed by atoms with Crippen molar-refractivity contribution in [3.63, 3.8) is 0 Å². The topological polar surface area (TPSA) is 82.7 Å². The molecule has 1 aromatic carbocycles. The van der Waals surface area contributed by atoms with Gasteiger partial charge in [0.15, 0.2) is 0 Å². The number of pyridine rings is 1. The molecule has 1 fully saturated rings.